The SMILES string of the molecule is CC1(C(=O)NCc2cc3ccccc3n2S(=O)(=O)C2(C)CC=CC(Cl)=C2CCn2ccnn2)CC1. The number of hydrogen-bond donors (Lipinski definition) is 1. The van der Waals surface area contributed by atoms with Crippen LogP contribution in [-0.2, 0) is 27.9 Å². The first-order valence-corrected chi connectivity index (χ1v) is 13.5. The third-order valence-corrected chi connectivity index (χ3v) is 10.1. The molecule has 0 radical (unpaired) electrons. The maximum atomic E-state index is 14.5. The minimum atomic E-state index is -3.99. The largest absolute Gasteiger partial charge is 0.350 e. The molecule has 5 rings (SSSR count). The van der Waals surface area contributed by atoms with Gasteiger partial charge in [0, 0.05) is 28.6 Å². The smallest absolute Gasteiger partial charge is 0.249 e. The minimum absolute atomic E-state index is 0.0463. The van der Waals surface area contributed by atoms with Crippen molar-refractivity contribution in [1.29, 1.82) is 0 Å². The number of halogens is 1. The van der Waals surface area contributed by atoms with Crippen LogP contribution in [0.5, 0.6) is 0 Å². The molecule has 10 heteroatoms. The molecule has 1 atom stereocenters. The highest BCUT2D eigenvalue weighted by molar-refractivity contribution is 7.91. The summed E-state index contributed by atoms with van der Waals surface area (Å²) in [6, 6.07) is 9.21. The molecule has 1 aromatic carbocycles. The number of carbonyl (C=O) groups is 1. The fourth-order valence-electron chi connectivity index (χ4n) is 4.68. The molecule has 35 heavy (non-hydrogen) atoms. The van der Waals surface area contributed by atoms with Gasteiger partial charge in [-0.3, -0.25) is 9.48 Å². The molecule has 184 valence electrons. The molecular weight excluding hydrogens is 486 g/mol. The number of allylic oxidation sites excluding steroid dienone is 3. The highest BCUT2D eigenvalue weighted by atomic mass is 35.5. The Kier molecular flexibility index (Phi) is 5.88. The van der Waals surface area contributed by atoms with Crippen LogP contribution in [0.2, 0.25) is 0 Å². The standard InChI is InChI=1S/C25H28ClN5O3S/c1-24(11-12-24)23(32)27-17-19-16-18-6-3-4-8-22(18)31(19)35(33,34)25(2)10-5-7-21(26)20(25)9-14-30-15-13-28-29-30/h3-8,13,15-16H,9-12,14,17H2,1-2H3,(H,27,32). The number of benzene rings is 1. The molecule has 1 unspecified atom stereocenters. The maximum absolute atomic E-state index is 14.5. The van der Waals surface area contributed by atoms with Gasteiger partial charge < -0.3 is 5.32 Å². The van der Waals surface area contributed by atoms with E-state index in [2.05, 4.69) is 15.6 Å². The third kappa shape index (κ3) is 4.10. The number of rotatable bonds is 8. The summed E-state index contributed by atoms with van der Waals surface area (Å²) >= 11 is 6.61. The highest BCUT2D eigenvalue weighted by Crippen LogP contribution is 2.45. The quantitative estimate of drug-likeness (QED) is 0.488. The molecule has 0 spiro atoms. The van der Waals surface area contributed by atoms with Gasteiger partial charge in [0.2, 0.25) is 15.9 Å². The molecule has 1 N–H and O–H groups in total. The topological polar surface area (TPSA) is 98.9 Å². The molecule has 2 aromatic heterocycles. The first-order chi connectivity index (χ1) is 16.7. The van der Waals surface area contributed by atoms with Gasteiger partial charge >= 0.3 is 0 Å². The van der Waals surface area contributed by atoms with Gasteiger partial charge in [0.1, 0.15) is 4.75 Å². The van der Waals surface area contributed by atoms with Crippen LogP contribution in [0.1, 0.15) is 45.2 Å². The van der Waals surface area contributed by atoms with Crippen molar-refractivity contribution in [3.63, 3.8) is 0 Å². The van der Waals surface area contributed by atoms with Crippen LogP contribution in [0.25, 0.3) is 10.9 Å². The van der Waals surface area contributed by atoms with Gasteiger partial charge in [-0.2, -0.15) is 0 Å². The zero-order chi connectivity index (χ0) is 24.8. The summed E-state index contributed by atoms with van der Waals surface area (Å²) in [5.41, 5.74) is 1.39. The average Bonchev–Trinajstić information content (AvgIpc) is 3.22. The lowest BCUT2D eigenvalue weighted by Gasteiger charge is -2.35. The molecule has 3 aromatic rings. The summed E-state index contributed by atoms with van der Waals surface area (Å²) in [6.07, 6.45) is 9.29. The summed E-state index contributed by atoms with van der Waals surface area (Å²) in [5, 5.41) is 12.0. The van der Waals surface area contributed by atoms with Crippen LogP contribution in [0.3, 0.4) is 0 Å². The lowest BCUT2D eigenvalue weighted by Crippen LogP contribution is -2.43. The number of aromatic nitrogens is 4. The molecule has 2 aliphatic carbocycles. The number of para-hydroxylation sites is 1. The Hall–Kier alpha value is -2.91. The van der Waals surface area contributed by atoms with Crippen molar-refractivity contribution in [2.75, 3.05) is 0 Å². The normalized spacial score (nSPS) is 21.5. The zero-order valence-electron chi connectivity index (χ0n) is 19.7. The van der Waals surface area contributed by atoms with Gasteiger partial charge in [-0.1, -0.05) is 48.0 Å². The molecule has 0 bridgehead atoms. The van der Waals surface area contributed by atoms with E-state index in [9.17, 15) is 13.2 Å². The summed E-state index contributed by atoms with van der Waals surface area (Å²) in [6.45, 7) is 4.24. The number of nitrogens with one attached hydrogen (secondary N) is 1. The van der Waals surface area contributed by atoms with Crippen LogP contribution in [-0.4, -0.2) is 38.0 Å². The van der Waals surface area contributed by atoms with Crippen molar-refractivity contribution in [3.8, 4) is 0 Å². The van der Waals surface area contributed by atoms with Gasteiger partial charge in [0.15, 0.2) is 0 Å². The van der Waals surface area contributed by atoms with E-state index in [-0.39, 0.29) is 24.3 Å². The van der Waals surface area contributed by atoms with Crippen molar-refractivity contribution in [2.24, 2.45) is 5.41 Å². The van der Waals surface area contributed by atoms with E-state index >= 15 is 0 Å². The summed E-state index contributed by atoms with van der Waals surface area (Å²) < 4.78 is 30.7. The number of nitrogens with zero attached hydrogens (tertiary/aromatic N) is 4. The Labute approximate surface area is 209 Å². The van der Waals surface area contributed by atoms with Crippen LogP contribution >= 0.6 is 11.6 Å². The van der Waals surface area contributed by atoms with Crippen molar-refractivity contribution >= 4 is 38.4 Å². The van der Waals surface area contributed by atoms with Crippen molar-refractivity contribution < 1.29 is 13.2 Å². The number of amides is 1. The fourth-order valence-corrected chi connectivity index (χ4v) is 7.21. The maximum Gasteiger partial charge on any atom is 0.249 e. The van der Waals surface area contributed by atoms with E-state index in [0.29, 0.717) is 34.8 Å². The van der Waals surface area contributed by atoms with Crippen molar-refractivity contribution in [1.82, 2.24) is 24.3 Å². The monoisotopic (exact) mass is 513 g/mol. The van der Waals surface area contributed by atoms with Crippen LogP contribution < -0.4 is 5.32 Å². The van der Waals surface area contributed by atoms with Gasteiger partial charge in [-0.25, -0.2) is 12.4 Å². The van der Waals surface area contributed by atoms with E-state index in [1.807, 2.05) is 31.2 Å². The predicted octanol–water partition coefficient (Wildman–Crippen LogP) is 4.13. The second kappa shape index (κ2) is 8.64. The Bertz CT molecular complexity index is 1450. The number of fused-ring (bicyclic) bond motifs is 1. The Morgan fingerprint density at radius 3 is 2.71 bits per heavy atom. The summed E-state index contributed by atoms with van der Waals surface area (Å²) in [7, 11) is -3.99. The van der Waals surface area contributed by atoms with E-state index in [4.69, 9.17) is 11.6 Å². The second-order valence-electron chi connectivity index (χ2n) is 9.79. The number of aryl methyl sites for hydroxylation is 1. The van der Waals surface area contributed by atoms with Gasteiger partial charge in [-0.05, 0) is 56.4 Å². The lowest BCUT2D eigenvalue weighted by atomic mass is 9.90. The van der Waals surface area contributed by atoms with E-state index < -0.39 is 14.8 Å². The molecule has 1 amide bonds. The molecular formula is C25H28ClN5O3S. The second-order valence-corrected chi connectivity index (χ2v) is 12.4. The van der Waals surface area contributed by atoms with Crippen LogP contribution in [0.15, 0.2) is 65.5 Å². The van der Waals surface area contributed by atoms with Gasteiger partial charge in [-0.15, -0.1) is 5.10 Å². The minimum Gasteiger partial charge on any atom is -0.350 e. The predicted molar refractivity (Wildman–Crippen MR) is 135 cm³/mol. The Morgan fingerprint density at radius 2 is 2.00 bits per heavy atom. The number of carbonyl (C=O) groups excluding carboxylic acids is 1. The molecule has 2 heterocycles. The van der Waals surface area contributed by atoms with Crippen molar-refractivity contribution in [3.05, 3.63) is 71.2 Å². The van der Waals surface area contributed by atoms with E-state index in [0.717, 1.165) is 18.2 Å². The molecule has 8 nitrogen and oxygen atoms in total. The molecule has 2 aliphatic rings. The average molecular weight is 514 g/mol. The van der Waals surface area contributed by atoms with E-state index in [1.165, 1.54) is 3.97 Å². The third-order valence-electron chi connectivity index (χ3n) is 7.29. The molecule has 1 saturated carbocycles. The van der Waals surface area contributed by atoms with Gasteiger partial charge in [0.05, 0.1) is 24.0 Å². The summed E-state index contributed by atoms with van der Waals surface area (Å²) in [5.74, 6) is -0.0463. The molecule has 0 saturated heterocycles. The van der Waals surface area contributed by atoms with Gasteiger partial charge in [0.25, 0.3) is 0 Å². The van der Waals surface area contributed by atoms with Crippen LogP contribution in [0.4, 0.5) is 0 Å². The first kappa shape index (κ1) is 23.8. The lowest BCUT2D eigenvalue weighted by molar-refractivity contribution is -0.125. The Morgan fingerprint density at radius 1 is 1.23 bits per heavy atom. The highest BCUT2D eigenvalue weighted by Gasteiger charge is 2.47. The Balaban J connectivity index is 1.55. The molecule has 1 fully saturated rings. The number of hydrogen-bond acceptors (Lipinski definition) is 5. The fraction of sp³-hybridized carbons (Fsp3) is 0.400. The summed E-state index contributed by atoms with van der Waals surface area (Å²) in [4.78, 5) is 12.6. The van der Waals surface area contributed by atoms with E-state index in [1.54, 1.807) is 42.2 Å². The van der Waals surface area contributed by atoms with Crippen LogP contribution in [0, 0.1) is 5.41 Å². The first-order valence-electron chi connectivity index (χ1n) is 11.7. The van der Waals surface area contributed by atoms with Crippen molar-refractivity contribution in [2.45, 2.75) is 57.4 Å². The molecule has 0 aliphatic heterocycles. The zero-order valence-corrected chi connectivity index (χ0v) is 21.3.